The van der Waals surface area contributed by atoms with E-state index in [1.165, 1.54) is 0 Å². The summed E-state index contributed by atoms with van der Waals surface area (Å²) >= 11 is 0.0405. The summed E-state index contributed by atoms with van der Waals surface area (Å²) in [6.45, 7) is 0. The van der Waals surface area contributed by atoms with Crippen molar-refractivity contribution in [1.29, 1.82) is 0 Å². The van der Waals surface area contributed by atoms with Gasteiger partial charge in [-0.15, -0.1) is 0 Å². The fourth-order valence-electron chi connectivity index (χ4n) is 1.96. The molecule has 1 N–H and O–H groups in total. The van der Waals surface area contributed by atoms with Crippen molar-refractivity contribution in [1.82, 2.24) is 5.01 Å². The Morgan fingerprint density at radius 2 is 1.86 bits per heavy atom. The third-order valence-corrected chi connectivity index (χ3v) is 5.01. The Kier molecular flexibility index (Phi) is 4.42. The van der Waals surface area contributed by atoms with E-state index < -0.39 is 0 Å². The molecule has 0 bridgehead atoms. The zero-order valence-corrected chi connectivity index (χ0v) is 13.7. The van der Waals surface area contributed by atoms with Crippen molar-refractivity contribution in [3.8, 4) is 5.75 Å². The van der Waals surface area contributed by atoms with E-state index >= 15 is 0 Å². The number of methoxy groups -OCH3 is 1. The molecule has 0 aromatic heterocycles. The van der Waals surface area contributed by atoms with Crippen LogP contribution in [0, 0.1) is 0 Å². The normalized spacial score (nSPS) is 16.1. The summed E-state index contributed by atoms with van der Waals surface area (Å²) in [7, 11) is 1.63. The monoisotopic (exact) mass is 361 g/mol. The number of carbonyl (C=O) groups is 1. The molecule has 0 aliphatic carbocycles. The molecule has 0 atom stereocenters. The Labute approximate surface area is 135 Å². The molecule has 1 aliphatic heterocycles. The maximum atomic E-state index is 12.1. The van der Waals surface area contributed by atoms with Crippen LogP contribution in [0.2, 0.25) is 5.32 Å². The van der Waals surface area contributed by atoms with Crippen molar-refractivity contribution in [2.75, 3.05) is 12.5 Å². The van der Waals surface area contributed by atoms with E-state index in [2.05, 4.69) is 10.4 Å². The van der Waals surface area contributed by atoms with Crippen LogP contribution in [0.4, 0.5) is 11.4 Å². The summed E-state index contributed by atoms with van der Waals surface area (Å²) in [4.78, 5) is 16.7. The number of para-hydroxylation sites is 1. The van der Waals surface area contributed by atoms with Crippen molar-refractivity contribution >= 4 is 37.0 Å². The molecular weight excluding hydrogens is 345 g/mol. The Morgan fingerprint density at radius 3 is 2.55 bits per heavy atom. The molecule has 0 saturated carbocycles. The third kappa shape index (κ3) is 3.30. The fraction of sp³-hybridized carbons (Fsp3) is 0.125. The number of hydrogen-bond donors (Lipinski definition) is 1. The van der Waals surface area contributed by atoms with Gasteiger partial charge in [0.15, 0.2) is 0 Å². The molecule has 1 fully saturated rings. The van der Waals surface area contributed by atoms with Gasteiger partial charge in [0.25, 0.3) is 0 Å². The number of hydrazine groups is 1. The second-order valence-corrected chi connectivity index (χ2v) is 6.57. The van der Waals surface area contributed by atoms with Crippen molar-refractivity contribution in [3.63, 3.8) is 0 Å². The van der Waals surface area contributed by atoms with Gasteiger partial charge in [-0.2, -0.15) is 0 Å². The average molecular weight is 360 g/mol. The number of benzene rings is 2. The van der Waals surface area contributed by atoms with Crippen molar-refractivity contribution in [3.05, 3.63) is 54.6 Å². The Morgan fingerprint density at radius 1 is 1.14 bits per heavy atom. The summed E-state index contributed by atoms with van der Waals surface area (Å²) in [5.74, 6) is 0.840. The topological polar surface area (TPSA) is 53.9 Å². The van der Waals surface area contributed by atoms with E-state index in [1.54, 1.807) is 12.1 Å². The Bertz CT molecular complexity index is 686. The van der Waals surface area contributed by atoms with Crippen LogP contribution in [0.25, 0.3) is 0 Å². The van der Waals surface area contributed by atoms with Gasteiger partial charge in [0, 0.05) is 0 Å². The van der Waals surface area contributed by atoms with Crippen LogP contribution >= 0.6 is 0 Å². The van der Waals surface area contributed by atoms with Crippen LogP contribution in [0.15, 0.2) is 59.6 Å². The predicted molar refractivity (Wildman–Crippen MR) is 87.6 cm³/mol. The zero-order valence-electron chi connectivity index (χ0n) is 12.0. The Hall–Kier alpha value is -2.30. The van der Waals surface area contributed by atoms with E-state index in [-0.39, 0.29) is 20.9 Å². The van der Waals surface area contributed by atoms with Gasteiger partial charge < -0.3 is 0 Å². The second kappa shape index (κ2) is 6.64. The number of nitrogens with one attached hydrogen (secondary N) is 1. The van der Waals surface area contributed by atoms with Gasteiger partial charge in [0.1, 0.15) is 0 Å². The van der Waals surface area contributed by atoms with Gasteiger partial charge in [-0.1, -0.05) is 0 Å². The van der Waals surface area contributed by atoms with Crippen LogP contribution in [-0.2, 0) is 4.79 Å². The third-order valence-electron chi connectivity index (χ3n) is 3.08. The number of aliphatic imine (C=N–C) groups is 1. The first-order valence-electron chi connectivity index (χ1n) is 6.76. The zero-order chi connectivity index (χ0) is 15.4. The number of amides is 1. The molecule has 5 nitrogen and oxygen atoms in total. The SMILES string of the molecule is COc1ccc(N=C2[Se]CC(=O)N2Nc2ccccc2)cc1. The molecule has 112 valence electrons. The summed E-state index contributed by atoms with van der Waals surface area (Å²) in [6.07, 6.45) is 0. The molecule has 0 spiro atoms. The van der Waals surface area contributed by atoms with Crippen molar-refractivity contribution in [2.24, 2.45) is 4.99 Å². The predicted octanol–water partition coefficient (Wildman–Crippen LogP) is 2.67. The minimum atomic E-state index is 0.0405. The fourth-order valence-corrected chi connectivity index (χ4v) is 3.70. The van der Waals surface area contributed by atoms with Gasteiger partial charge >= 0.3 is 135 Å². The minimum absolute atomic E-state index is 0.0405. The second-order valence-electron chi connectivity index (χ2n) is 4.59. The number of amidine groups is 1. The van der Waals surface area contributed by atoms with Gasteiger partial charge in [-0.3, -0.25) is 0 Å². The first-order chi connectivity index (χ1) is 10.8. The molecule has 1 heterocycles. The van der Waals surface area contributed by atoms with Gasteiger partial charge in [0.05, 0.1) is 0 Å². The molecular formula is C16H15N3O2Se. The van der Waals surface area contributed by atoms with E-state index in [0.29, 0.717) is 5.32 Å². The van der Waals surface area contributed by atoms with Crippen LogP contribution in [0.5, 0.6) is 5.75 Å². The van der Waals surface area contributed by atoms with Crippen LogP contribution in [0.3, 0.4) is 0 Å². The molecule has 1 saturated heterocycles. The van der Waals surface area contributed by atoms with Gasteiger partial charge in [-0.25, -0.2) is 0 Å². The van der Waals surface area contributed by atoms with E-state index in [9.17, 15) is 4.79 Å². The molecule has 1 aliphatic rings. The summed E-state index contributed by atoms with van der Waals surface area (Å²) in [5, 5.41) is 2.08. The van der Waals surface area contributed by atoms with E-state index in [1.807, 2.05) is 54.6 Å². The molecule has 22 heavy (non-hydrogen) atoms. The van der Waals surface area contributed by atoms with E-state index in [0.717, 1.165) is 21.9 Å². The van der Waals surface area contributed by atoms with Gasteiger partial charge in [0.2, 0.25) is 0 Å². The number of nitrogens with zero attached hydrogens (tertiary/aromatic N) is 2. The average Bonchev–Trinajstić information content (AvgIpc) is 2.90. The van der Waals surface area contributed by atoms with Gasteiger partial charge in [-0.05, 0) is 0 Å². The number of hydrogen-bond acceptors (Lipinski definition) is 4. The van der Waals surface area contributed by atoms with Crippen LogP contribution < -0.4 is 10.2 Å². The number of carbonyl (C=O) groups excluding carboxylic acids is 1. The quantitative estimate of drug-likeness (QED) is 0.853. The molecule has 2 aromatic carbocycles. The summed E-state index contributed by atoms with van der Waals surface area (Å²) in [5.41, 5.74) is 4.81. The molecule has 0 unspecified atom stereocenters. The standard InChI is InChI=1S/C16H15N3O2Se/c1-21-14-9-7-12(8-10-14)17-16-19(15(20)11-22-16)18-13-5-3-2-4-6-13/h2-10,18H,11H2,1H3. The van der Waals surface area contributed by atoms with Crippen LogP contribution in [-0.4, -0.2) is 37.7 Å². The summed E-state index contributed by atoms with van der Waals surface area (Å²) in [6, 6.07) is 17.1. The molecule has 0 radical (unpaired) electrons. The number of rotatable bonds is 4. The number of anilines is 1. The molecule has 6 heteroatoms. The van der Waals surface area contributed by atoms with Crippen molar-refractivity contribution < 1.29 is 9.53 Å². The first-order valence-corrected chi connectivity index (χ1v) is 8.83. The van der Waals surface area contributed by atoms with E-state index in [4.69, 9.17) is 4.74 Å². The maximum absolute atomic E-state index is 12.1. The summed E-state index contributed by atoms with van der Waals surface area (Å²) < 4.78 is 5.92. The number of ether oxygens (including phenoxy) is 1. The molecule has 1 amide bonds. The Balaban J connectivity index is 1.81. The van der Waals surface area contributed by atoms with Crippen molar-refractivity contribution in [2.45, 2.75) is 5.32 Å². The first kappa shape index (κ1) is 14.6. The molecule has 3 rings (SSSR count). The van der Waals surface area contributed by atoms with Crippen LogP contribution in [0.1, 0.15) is 0 Å². The molecule has 2 aromatic rings.